The van der Waals surface area contributed by atoms with Crippen LogP contribution in [0.3, 0.4) is 0 Å². The number of amides is 1. The SMILES string of the molecule is CCN1CC[C@@H](NC(=O)Cn2nc(C(C)C)c3cc(C)ccc3c2=O)[C@H](O)C1. The number of carbonyl (C=O) groups is 1. The fourth-order valence-corrected chi connectivity index (χ4v) is 3.80. The minimum Gasteiger partial charge on any atom is -0.390 e. The number of nitrogens with zero attached hydrogens (tertiary/aromatic N) is 3. The molecule has 1 fully saturated rings. The van der Waals surface area contributed by atoms with Gasteiger partial charge in [-0.3, -0.25) is 9.59 Å². The van der Waals surface area contributed by atoms with Crippen molar-refractivity contribution in [3.8, 4) is 0 Å². The highest BCUT2D eigenvalue weighted by Gasteiger charge is 2.28. The van der Waals surface area contributed by atoms with Crippen molar-refractivity contribution in [1.29, 1.82) is 0 Å². The number of carbonyl (C=O) groups excluding carboxylic acids is 1. The molecule has 0 aliphatic carbocycles. The van der Waals surface area contributed by atoms with E-state index in [9.17, 15) is 14.7 Å². The number of nitrogens with one attached hydrogen (secondary N) is 1. The lowest BCUT2D eigenvalue weighted by Gasteiger charge is -2.35. The molecule has 7 heteroatoms. The Labute approximate surface area is 165 Å². The number of hydrogen-bond acceptors (Lipinski definition) is 5. The zero-order valence-corrected chi connectivity index (χ0v) is 17.1. The van der Waals surface area contributed by atoms with Gasteiger partial charge in [0.15, 0.2) is 0 Å². The Hall–Kier alpha value is -2.25. The van der Waals surface area contributed by atoms with E-state index in [1.54, 1.807) is 6.07 Å². The molecule has 28 heavy (non-hydrogen) atoms. The Morgan fingerprint density at radius 1 is 1.36 bits per heavy atom. The van der Waals surface area contributed by atoms with E-state index in [4.69, 9.17) is 0 Å². The molecule has 0 bridgehead atoms. The number of aliphatic hydroxyl groups excluding tert-OH is 1. The predicted molar refractivity (Wildman–Crippen MR) is 109 cm³/mol. The highest BCUT2D eigenvalue weighted by Crippen LogP contribution is 2.22. The highest BCUT2D eigenvalue weighted by atomic mass is 16.3. The summed E-state index contributed by atoms with van der Waals surface area (Å²) in [5.74, 6) is -0.177. The first kappa shape index (κ1) is 20.5. The fourth-order valence-electron chi connectivity index (χ4n) is 3.80. The first-order valence-electron chi connectivity index (χ1n) is 10.0. The van der Waals surface area contributed by atoms with Crippen LogP contribution in [0, 0.1) is 6.92 Å². The van der Waals surface area contributed by atoms with Gasteiger partial charge in [0, 0.05) is 18.5 Å². The van der Waals surface area contributed by atoms with Crippen LogP contribution < -0.4 is 10.9 Å². The number of hydrogen-bond donors (Lipinski definition) is 2. The molecule has 3 rings (SSSR count). The predicted octanol–water partition coefficient (Wildman–Crippen LogP) is 1.40. The van der Waals surface area contributed by atoms with Gasteiger partial charge in [-0.15, -0.1) is 0 Å². The lowest BCUT2D eigenvalue weighted by Crippen LogP contribution is -2.54. The number of rotatable bonds is 5. The summed E-state index contributed by atoms with van der Waals surface area (Å²) in [5.41, 5.74) is 1.61. The van der Waals surface area contributed by atoms with Gasteiger partial charge >= 0.3 is 0 Å². The van der Waals surface area contributed by atoms with Crippen molar-refractivity contribution in [2.75, 3.05) is 19.6 Å². The minimum atomic E-state index is -0.604. The van der Waals surface area contributed by atoms with Crippen LogP contribution in [0.25, 0.3) is 10.8 Å². The van der Waals surface area contributed by atoms with Gasteiger partial charge in [0.2, 0.25) is 5.91 Å². The number of piperidine rings is 1. The van der Waals surface area contributed by atoms with E-state index >= 15 is 0 Å². The summed E-state index contributed by atoms with van der Waals surface area (Å²) < 4.78 is 1.25. The van der Waals surface area contributed by atoms with Gasteiger partial charge in [-0.2, -0.15) is 5.10 Å². The van der Waals surface area contributed by atoms with Crippen molar-refractivity contribution in [1.82, 2.24) is 20.0 Å². The van der Waals surface area contributed by atoms with E-state index in [0.717, 1.165) is 29.7 Å². The van der Waals surface area contributed by atoms with Gasteiger partial charge in [-0.25, -0.2) is 4.68 Å². The number of likely N-dealkylation sites (tertiary alicyclic amines) is 1. The zero-order valence-electron chi connectivity index (χ0n) is 17.1. The van der Waals surface area contributed by atoms with Crippen LogP contribution in [0.2, 0.25) is 0 Å². The molecule has 1 aliphatic heterocycles. The molecule has 0 unspecified atom stereocenters. The van der Waals surface area contributed by atoms with Crippen molar-refractivity contribution in [2.45, 2.75) is 58.7 Å². The van der Waals surface area contributed by atoms with Crippen molar-refractivity contribution in [3.05, 3.63) is 39.8 Å². The molecule has 1 amide bonds. The molecule has 152 valence electrons. The number of β-amino-alcohol motifs (C(OH)–C–C–N with tert-alkyl or cyclic N) is 1. The monoisotopic (exact) mass is 386 g/mol. The fraction of sp³-hybridized carbons (Fsp3) is 0.571. The topological polar surface area (TPSA) is 87.5 Å². The highest BCUT2D eigenvalue weighted by molar-refractivity contribution is 5.85. The maximum absolute atomic E-state index is 12.9. The summed E-state index contributed by atoms with van der Waals surface area (Å²) in [4.78, 5) is 27.6. The van der Waals surface area contributed by atoms with E-state index in [0.29, 0.717) is 18.4 Å². The van der Waals surface area contributed by atoms with E-state index in [-0.39, 0.29) is 30.0 Å². The van der Waals surface area contributed by atoms with Crippen molar-refractivity contribution in [3.63, 3.8) is 0 Å². The molecule has 2 atom stereocenters. The largest absolute Gasteiger partial charge is 0.390 e. The van der Waals surface area contributed by atoms with Gasteiger partial charge in [0.25, 0.3) is 5.56 Å². The molecule has 7 nitrogen and oxygen atoms in total. The molecule has 1 saturated heterocycles. The smallest absolute Gasteiger partial charge is 0.275 e. The summed E-state index contributed by atoms with van der Waals surface area (Å²) >= 11 is 0. The Balaban J connectivity index is 1.82. The molecular weight excluding hydrogens is 356 g/mol. The van der Waals surface area contributed by atoms with Crippen LogP contribution >= 0.6 is 0 Å². The standard InChI is InChI=1S/C21H30N4O3/c1-5-24-9-8-17(18(26)11-24)22-19(27)12-25-21(28)15-7-6-14(4)10-16(15)20(23-25)13(2)3/h6-7,10,13,17-18,26H,5,8-9,11-12H2,1-4H3,(H,22,27)/t17-,18-/m1/s1. The molecule has 0 saturated carbocycles. The Morgan fingerprint density at radius 3 is 2.75 bits per heavy atom. The van der Waals surface area contributed by atoms with Crippen molar-refractivity contribution in [2.24, 2.45) is 0 Å². The maximum atomic E-state index is 12.9. The third-order valence-electron chi connectivity index (χ3n) is 5.44. The van der Waals surface area contributed by atoms with Crippen LogP contribution in [0.4, 0.5) is 0 Å². The lowest BCUT2D eigenvalue weighted by atomic mass is 10.0. The van der Waals surface area contributed by atoms with Crippen LogP contribution in [0.5, 0.6) is 0 Å². The lowest BCUT2D eigenvalue weighted by molar-refractivity contribution is -0.124. The zero-order chi connectivity index (χ0) is 20.4. The van der Waals surface area contributed by atoms with Crippen LogP contribution in [0.15, 0.2) is 23.0 Å². The molecule has 1 aromatic carbocycles. The Bertz CT molecular complexity index is 922. The minimum absolute atomic E-state index is 0.124. The number of aromatic nitrogens is 2. The summed E-state index contributed by atoms with van der Waals surface area (Å²) in [7, 11) is 0. The van der Waals surface area contributed by atoms with E-state index in [1.165, 1.54) is 4.68 Å². The second-order valence-corrected chi connectivity index (χ2v) is 7.98. The maximum Gasteiger partial charge on any atom is 0.275 e. The van der Waals surface area contributed by atoms with Crippen LogP contribution in [-0.4, -0.2) is 57.5 Å². The first-order chi connectivity index (χ1) is 13.3. The van der Waals surface area contributed by atoms with Gasteiger partial charge in [-0.05, 0) is 37.9 Å². The summed E-state index contributed by atoms with van der Waals surface area (Å²) in [6.07, 6.45) is 0.0882. The van der Waals surface area contributed by atoms with Gasteiger partial charge in [-0.1, -0.05) is 32.4 Å². The van der Waals surface area contributed by atoms with Crippen LogP contribution in [0.1, 0.15) is 44.4 Å². The van der Waals surface area contributed by atoms with Crippen molar-refractivity contribution >= 4 is 16.7 Å². The second kappa shape index (κ2) is 8.41. The number of aryl methyl sites for hydroxylation is 1. The third-order valence-corrected chi connectivity index (χ3v) is 5.44. The van der Waals surface area contributed by atoms with Crippen molar-refractivity contribution < 1.29 is 9.90 Å². The average molecular weight is 386 g/mol. The van der Waals surface area contributed by atoms with Gasteiger partial charge in [0.05, 0.1) is 23.2 Å². The van der Waals surface area contributed by atoms with E-state index in [1.807, 2.05) is 32.9 Å². The summed E-state index contributed by atoms with van der Waals surface area (Å²) in [5, 5.41) is 19.1. The molecular formula is C21H30N4O3. The molecule has 2 heterocycles. The molecule has 0 spiro atoms. The summed E-state index contributed by atoms with van der Waals surface area (Å²) in [6, 6.07) is 5.38. The number of aliphatic hydroxyl groups is 1. The summed E-state index contributed by atoms with van der Waals surface area (Å²) in [6.45, 7) is 10.2. The third kappa shape index (κ3) is 4.25. The molecule has 2 aromatic rings. The Kier molecular flexibility index (Phi) is 6.15. The normalized spacial score (nSPS) is 20.6. The second-order valence-electron chi connectivity index (χ2n) is 7.98. The number of likely N-dealkylation sites (N-methyl/N-ethyl adjacent to an activating group) is 1. The van der Waals surface area contributed by atoms with E-state index in [2.05, 4.69) is 22.2 Å². The van der Waals surface area contributed by atoms with Gasteiger partial charge < -0.3 is 15.3 Å². The van der Waals surface area contributed by atoms with Crippen LogP contribution in [-0.2, 0) is 11.3 Å². The quantitative estimate of drug-likeness (QED) is 0.811. The average Bonchev–Trinajstić information content (AvgIpc) is 2.65. The Morgan fingerprint density at radius 2 is 2.11 bits per heavy atom. The molecule has 1 aliphatic rings. The molecule has 2 N–H and O–H groups in total. The number of benzene rings is 1. The van der Waals surface area contributed by atoms with Gasteiger partial charge in [0.1, 0.15) is 6.54 Å². The molecule has 0 radical (unpaired) electrons. The van der Waals surface area contributed by atoms with E-state index < -0.39 is 6.10 Å². The number of fused-ring (bicyclic) bond motifs is 1. The molecule has 1 aromatic heterocycles. The first-order valence-corrected chi connectivity index (χ1v) is 10.0.